The second kappa shape index (κ2) is 7.53. The number of benzene rings is 2. The van der Waals surface area contributed by atoms with Gasteiger partial charge in [-0.1, -0.05) is 24.3 Å². The molecule has 8 heteroatoms. The average Bonchev–Trinajstić information content (AvgIpc) is 2.84. The molecule has 1 aliphatic heterocycles. The lowest BCUT2D eigenvalue weighted by molar-refractivity contribution is -0.116. The molecule has 6 nitrogen and oxygen atoms in total. The van der Waals surface area contributed by atoms with Crippen LogP contribution in [0.1, 0.15) is 11.1 Å². The van der Waals surface area contributed by atoms with E-state index in [1.54, 1.807) is 18.2 Å². The van der Waals surface area contributed by atoms with Crippen LogP contribution in [0.5, 0.6) is 0 Å². The van der Waals surface area contributed by atoms with E-state index >= 15 is 0 Å². The number of nitrogens with zero attached hydrogens (tertiary/aromatic N) is 2. The van der Waals surface area contributed by atoms with E-state index in [2.05, 4.69) is 5.32 Å². The van der Waals surface area contributed by atoms with Gasteiger partial charge in [0.25, 0.3) is 10.2 Å². The SMILES string of the molecule is Cc1cccc(NC(=O)CN2CCN(Cc3ccc(F)cc3)S2(=O)=O)c1. The van der Waals surface area contributed by atoms with Crippen LogP contribution in [0.3, 0.4) is 0 Å². The van der Waals surface area contributed by atoms with Crippen LogP contribution in [-0.2, 0) is 21.5 Å². The Labute approximate surface area is 152 Å². The summed E-state index contributed by atoms with van der Waals surface area (Å²) in [4.78, 5) is 12.2. The summed E-state index contributed by atoms with van der Waals surface area (Å²) in [5.41, 5.74) is 2.33. The van der Waals surface area contributed by atoms with Crippen LogP contribution in [0.15, 0.2) is 48.5 Å². The highest BCUT2D eigenvalue weighted by molar-refractivity contribution is 7.87. The molecule has 2 aromatic carbocycles. The highest BCUT2D eigenvalue weighted by Crippen LogP contribution is 2.20. The molecule has 138 valence electrons. The molecule has 2 aromatic rings. The molecule has 0 unspecified atom stereocenters. The first-order valence-corrected chi connectivity index (χ1v) is 9.60. The quantitative estimate of drug-likeness (QED) is 0.868. The summed E-state index contributed by atoms with van der Waals surface area (Å²) in [6.07, 6.45) is 0. The predicted octanol–water partition coefficient (Wildman–Crippen LogP) is 2.14. The molecule has 0 radical (unpaired) electrons. The Bertz CT molecular complexity index is 900. The number of nitrogens with one attached hydrogen (secondary N) is 1. The van der Waals surface area contributed by atoms with Gasteiger partial charge in [-0.2, -0.15) is 17.0 Å². The van der Waals surface area contributed by atoms with E-state index in [9.17, 15) is 17.6 Å². The lowest BCUT2D eigenvalue weighted by Crippen LogP contribution is -2.37. The van der Waals surface area contributed by atoms with Crippen molar-refractivity contribution in [3.8, 4) is 0 Å². The van der Waals surface area contributed by atoms with Crippen LogP contribution < -0.4 is 5.32 Å². The molecular weight excluding hydrogens is 357 g/mol. The first-order chi connectivity index (χ1) is 12.3. The number of hydrogen-bond acceptors (Lipinski definition) is 3. The topological polar surface area (TPSA) is 69.7 Å². The van der Waals surface area contributed by atoms with Gasteiger partial charge in [-0.15, -0.1) is 0 Å². The predicted molar refractivity (Wildman–Crippen MR) is 97.1 cm³/mol. The monoisotopic (exact) mass is 377 g/mol. The smallest absolute Gasteiger partial charge is 0.282 e. The highest BCUT2D eigenvalue weighted by atomic mass is 32.2. The number of aryl methyl sites for hydroxylation is 1. The summed E-state index contributed by atoms with van der Waals surface area (Å²) >= 11 is 0. The molecule has 1 N–H and O–H groups in total. The molecule has 3 rings (SSSR count). The Hall–Kier alpha value is -2.29. The summed E-state index contributed by atoms with van der Waals surface area (Å²) < 4.78 is 40.6. The minimum atomic E-state index is -3.72. The van der Waals surface area contributed by atoms with E-state index in [1.807, 2.05) is 25.1 Å². The van der Waals surface area contributed by atoms with Gasteiger partial charge >= 0.3 is 0 Å². The Morgan fingerprint density at radius 3 is 2.50 bits per heavy atom. The van der Waals surface area contributed by atoms with Crippen molar-refractivity contribution in [3.05, 3.63) is 65.5 Å². The van der Waals surface area contributed by atoms with Crippen molar-refractivity contribution < 1.29 is 17.6 Å². The maximum absolute atomic E-state index is 13.0. The van der Waals surface area contributed by atoms with Gasteiger partial charge in [0.1, 0.15) is 5.82 Å². The van der Waals surface area contributed by atoms with E-state index < -0.39 is 10.2 Å². The zero-order valence-electron chi connectivity index (χ0n) is 14.4. The van der Waals surface area contributed by atoms with Crippen LogP contribution in [0.4, 0.5) is 10.1 Å². The largest absolute Gasteiger partial charge is 0.325 e. The Morgan fingerprint density at radius 2 is 1.81 bits per heavy atom. The molecule has 26 heavy (non-hydrogen) atoms. The van der Waals surface area contributed by atoms with Crippen LogP contribution in [0.2, 0.25) is 0 Å². The van der Waals surface area contributed by atoms with Crippen molar-refractivity contribution in [1.82, 2.24) is 8.61 Å². The summed E-state index contributed by atoms with van der Waals surface area (Å²) in [5, 5.41) is 2.71. The van der Waals surface area contributed by atoms with Crippen molar-refractivity contribution in [3.63, 3.8) is 0 Å². The van der Waals surface area contributed by atoms with E-state index in [0.717, 1.165) is 9.87 Å². The third kappa shape index (κ3) is 4.27. The van der Waals surface area contributed by atoms with Gasteiger partial charge in [0.15, 0.2) is 0 Å². The van der Waals surface area contributed by atoms with E-state index in [1.165, 1.54) is 16.4 Å². The first-order valence-electron chi connectivity index (χ1n) is 8.21. The van der Waals surface area contributed by atoms with Crippen molar-refractivity contribution in [2.75, 3.05) is 25.0 Å². The fourth-order valence-corrected chi connectivity index (χ4v) is 4.36. The molecule has 1 saturated heterocycles. The number of carbonyl (C=O) groups excluding carboxylic acids is 1. The summed E-state index contributed by atoms with van der Waals surface area (Å²) in [6.45, 7) is 2.35. The number of amides is 1. The molecule has 0 spiro atoms. The van der Waals surface area contributed by atoms with Crippen molar-refractivity contribution in [2.45, 2.75) is 13.5 Å². The van der Waals surface area contributed by atoms with Crippen LogP contribution in [-0.4, -0.2) is 42.6 Å². The first kappa shape index (κ1) is 18.5. The maximum atomic E-state index is 13.0. The van der Waals surface area contributed by atoms with Gasteiger partial charge < -0.3 is 5.32 Å². The third-order valence-electron chi connectivity index (χ3n) is 4.15. The second-order valence-electron chi connectivity index (χ2n) is 6.22. The summed E-state index contributed by atoms with van der Waals surface area (Å²) in [7, 11) is -3.72. The lowest BCUT2D eigenvalue weighted by atomic mass is 10.2. The van der Waals surface area contributed by atoms with Crippen molar-refractivity contribution >= 4 is 21.8 Å². The minimum Gasteiger partial charge on any atom is -0.325 e. The highest BCUT2D eigenvalue weighted by Gasteiger charge is 2.37. The van der Waals surface area contributed by atoms with Crippen LogP contribution in [0.25, 0.3) is 0 Å². The molecule has 1 heterocycles. The normalized spacial score (nSPS) is 17.3. The zero-order chi connectivity index (χ0) is 18.7. The molecule has 1 fully saturated rings. The molecule has 1 amide bonds. The van der Waals surface area contributed by atoms with Crippen LogP contribution in [0, 0.1) is 12.7 Å². The van der Waals surface area contributed by atoms with Gasteiger partial charge in [-0.25, -0.2) is 4.39 Å². The summed E-state index contributed by atoms with van der Waals surface area (Å²) in [5.74, 6) is -0.754. The Balaban J connectivity index is 1.62. The number of rotatable bonds is 5. The fourth-order valence-electron chi connectivity index (χ4n) is 2.82. The van der Waals surface area contributed by atoms with Crippen molar-refractivity contribution in [2.24, 2.45) is 0 Å². The molecule has 1 aliphatic rings. The van der Waals surface area contributed by atoms with E-state index in [4.69, 9.17) is 0 Å². The molecule has 0 aromatic heterocycles. The Morgan fingerprint density at radius 1 is 1.12 bits per heavy atom. The maximum Gasteiger partial charge on any atom is 0.282 e. The van der Waals surface area contributed by atoms with Gasteiger partial charge in [0, 0.05) is 25.3 Å². The van der Waals surface area contributed by atoms with Crippen LogP contribution >= 0.6 is 0 Å². The number of anilines is 1. The molecule has 0 saturated carbocycles. The minimum absolute atomic E-state index is 0.151. The third-order valence-corrected chi connectivity index (χ3v) is 6.07. The molecule has 0 atom stereocenters. The second-order valence-corrected chi connectivity index (χ2v) is 8.15. The van der Waals surface area contributed by atoms with Gasteiger partial charge in [0.05, 0.1) is 6.54 Å². The summed E-state index contributed by atoms with van der Waals surface area (Å²) in [6, 6.07) is 13.0. The van der Waals surface area contributed by atoms with Gasteiger partial charge in [0.2, 0.25) is 5.91 Å². The van der Waals surface area contributed by atoms with Crippen molar-refractivity contribution in [1.29, 1.82) is 0 Å². The molecule has 0 bridgehead atoms. The van der Waals surface area contributed by atoms with E-state index in [-0.39, 0.29) is 37.9 Å². The zero-order valence-corrected chi connectivity index (χ0v) is 15.2. The fraction of sp³-hybridized carbons (Fsp3) is 0.278. The van der Waals surface area contributed by atoms with Gasteiger partial charge in [-0.05, 0) is 42.3 Å². The average molecular weight is 377 g/mol. The van der Waals surface area contributed by atoms with Gasteiger partial charge in [-0.3, -0.25) is 4.79 Å². The number of hydrogen-bond donors (Lipinski definition) is 1. The molecule has 0 aliphatic carbocycles. The lowest BCUT2D eigenvalue weighted by Gasteiger charge is -2.18. The Kier molecular flexibility index (Phi) is 5.36. The van der Waals surface area contributed by atoms with E-state index in [0.29, 0.717) is 11.3 Å². The molecular formula is C18H20FN3O3S. The number of carbonyl (C=O) groups is 1. The number of halogens is 1. The standard InChI is InChI=1S/C18H20FN3O3S/c1-14-3-2-4-17(11-14)20-18(23)13-22-10-9-21(26(22,24)25)12-15-5-7-16(19)8-6-15/h2-8,11H,9-10,12-13H2,1H3,(H,20,23).